The van der Waals surface area contributed by atoms with E-state index in [2.05, 4.69) is 15.2 Å². The standard InChI is InChI=1S/C14H19Cl2N3.2ClH/c15-11-8-18-9-12(16)14(11)13(7-10-1-2-10)19-5-3-17-4-6-19;;/h8-10,13,17H,1-7H2;2*1H/t13-;;/m0../s1. The van der Waals surface area contributed by atoms with Crippen LogP contribution >= 0.6 is 48.0 Å². The van der Waals surface area contributed by atoms with E-state index < -0.39 is 0 Å². The molecule has 1 saturated heterocycles. The van der Waals surface area contributed by atoms with Gasteiger partial charge in [0.05, 0.1) is 10.0 Å². The minimum Gasteiger partial charge on any atom is -0.314 e. The third kappa shape index (κ3) is 4.85. The zero-order valence-electron chi connectivity index (χ0n) is 11.7. The van der Waals surface area contributed by atoms with E-state index in [1.807, 2.05) is 0 Å². The second kappa shape index (κ2) is 8.76. The molecule has 1 aliphatic carbocycles. The number of hydrogen-bond acceptors (Lipinski definition) is 3. The van der Waals surface area contributed by atoms with Crippen molar-refractivity contribution in [3.63, 3.8) is 0 Å². The second-order valence-corrected chi connectivity index (χ2v) is 6.31. The van der Waals surface area contributed by atoms with Gasteiger partial charge in [-0.25, -0.2) is 0 Å². The molecule has 1 aromatic heterocycles. The maximum atomic E-state index is 6.36. The first-order chi connectivity index (χ1) is 9.25. The molecule has 1 N–H and O–H groups in total. The average Bonchev–Trinajstić information content (AvgIpc) is 3.22. The van der Waals surface area contributed by atoms with Gasteiger partial charge in [0.2, 0.25) is 0 Å². The third-order valence-electron chi connectivity index (χ3n) is 4.07. The van der Waals surface area contributed by atoms with E-state index in [-0.39, 0.29) is 24.8 Å². The lowest BCUT2D eigenvalue weighted by Crippen LogP contribution is -2.45. The van der Waals surface area contributed by atoms with Crippen LogP contribution in [-0.4, -0.2) is 36.1 Å². The Kier molecular flexibility index (Phi) is 8.04. The molecule has 3 nitrogen and oxygen atoms in total. The van der Waals surface area contributed by atoms with Gasteiger partial charge in [0, 0.05) is 50.2 Å². The van der Waals surface area contributed by atoms with Gasteiger partial charge in [-0.3, -0.25) is 9.88 Å². The molecule has 21 heavy (non-hydrogen) atoms. The molecular formula is C14H21Cl4N3. The largest absolute Gasteiger partial charge is 0.314 e. The van der Waals surface area contributed by atoms with Crippen molar-refractivity contribution in [1.82, 2.24) is 15.2 Å². The smallest absolute Gasteiger partial charge is 0.0652 e. The predicted molar refractivity (Wildman–Crippen MR) is 93.3 cm³/mol. The SMILES string of the molecule is Cl.Cl.Clc1cncc(Cl)c1[C@H](CC1CC1)N1CCNCC1. The van der Waals surface area contributed by atoms with Crippen LogP contribution in [0.15, 0.2) is 12.4 Å². The quantitative estimate of drug-likeness (QED) is 0.866. The van der Waals surface area contributed by atoms with E-state index in [9.17, 15) is 0 Å². The van der Waals surface area contributed by atoms with Gasteiger partial charge in [-0.2, -0.15) is 0 Å². The van der Waals surface area contributed by atoms with Crippen LogP contribution in [-0.2, 0) is 0 Å². The lowest BCUT2D eigenvalue weighted by molar-refractivity contribution is 0.160. The number of halogens is 4. The molecule has 1 aliphatic heterocycles. The van der Waals surface area contributed by atoms with E-state index in [0.717, 1.165) is 37.7 Å². The normalized spacial score (nSPS) is 20.3. The Balaban J connectivity index is 0.00000110. The minimum atomic E-state index is 0. The van der Waals surface area contributed by atoms with Crippen molar-refractivity contribution in [3.05, 3.63) is 28.0 Å². The Labute approximate surface area is 148 Å². The molecule has 0 bridgehead atoms. The summed E-state index contributed by atoms with van der Waals surface area (Å²) in [4.78, 5) is 6.59. The van der Waals surface area contributed by atoms with Crippen molar-refractivity contribution in [1.29, 1.82) is 0 Å². The zero-order chi connectivity index (χ0) is 13.2. The molecule has 120 valence electrons. The molecule has 3 rings (SSSR count). The number of rotatable bonds is 4. The molecule has 0 spiro atoms. The number of aromatic nitrogens is 1. The van der Waals surface area contributed by atoms with Gasteiger partial charge in [-0.05, 0) is 12.3 Å². The zero-order valence-corrected chi connectivity index (χ0v) is 14.9. The number of nitrogens with zero attached hydrogens (tertiary/aromatic N) is 2. The highest BCUT2D eigenvalue weighted by molar-refractivity contribution is 6.35. The fourth-order valence-corrected chi connectivity index (χ4v) is 3.47. The Morgan fingerprint density at radius 1 is 1.14 bits per heavy atom. The summed E-state index contributed by atoms with van der Waals surface area (Å²) >= 11 is 12.7. The molecule has 2 aliphatic rings. The molecule has 7 heteroatoms. The number of hydrogen-bond donors (Lipinski definition) is 1. The van der Waals surface area contributed by atoms with Crippen LogP contribution in [0.3, 0.4) is 0 Å². The number of piperazine rings is 1. The van der Waals surface area contributed by atoms with Crippen LogP contribution in [0.2, 0.25) is 10.0 Å². The van der Waals surface area contributed by atoms with Crippen molar-refractivity contribution in [2.24, 2.45) is 5.92 Å². The lowest BCUT2D eigenvalue weighted by atomic mass is 9.99. The van der Waals surface area contributed by atoms with Gasteiger partial charge in [0.1, 0.15) is 0 Å². The van der Waals surface area contributed by atoms with Crippen molar-refractivity contribution in [2.45, 2.75) is 25.3 Å². The van der Waals surface area contributed by atoms with E-state index in [0.29, 0.717) is 16.1 Å². The number of pyridine rings is 1. The van der Waals surface area contributed by atoms with E-state index in [1.54, 1.807) is 12.4 Å². The second-order valence-electron chi connectivity index (χ2n) is 5.50. The molecule has 0 aromatic carbocycles. The first-order valence-electron chi connectivity index (χ1n) is 6.99. The molecule has 0 unspecified atom stereocenters. The summed E-state index contributed by atoms with van der Waals surface area (Å²) < 4.78 is 0. The fraction of sp³-hybridized carbons (Fsp3) is 0.643. The molecule has 2 heterocycles. The molecule has 1 saturated carbocycles. The highest BCUT2D eigenvalue weighted by Gasteiger charge is 2.32. The van der Waals surface area contributed by atoms with Crippen LogP contribution < -0.4 is 5.32 Å². The van der Waals surface area contributed by atoms with Crippen LogP contribution in [0.1, 0.15) is 30.9 Å². The molecular weight excluding hydrogens is 352 g/mol. The van der Waals surface area contributed by atoms with Crippen LogP contribution in [0.5, 0.6) is 0 Å². The highest BCUT2D eigenvalue weighted by Crippen LogP contribution is 2.43. The number of nitrogens with one attached hydrogen (secondary N) is 1. The Morgan fingerprint density at radius 3 is 2.24 bits per heavy atom. The summed E-state index contributed by atoms with van der Waals surface area (Å²) in [5.41, 5.74) is 1.08. The highest BCUT2D eigenvalue weighted by atomic mass is 35.5. The third-order valence-corrected chi connectivity index (χ3v) is 4.67. The van der Waals surface area contributed by atoms with Gasteiger partial charge in [-0.15, -0.1) is 24.8 Å². The van der Waals surface area contributed by atoms with Crippen molar-refractivity contribution in [3.8, 4) is 0 Å². The van der Waals surface area contributed by atoms with Gasteiger partial charge in [0.25, 0.3) is 0 Å². The lowest BCUT2D eigenvalue weighted by Gasteiger charge is -2.36. The summed E-state index contributed by atoms with van der Waals surface area (Å²) in [6.07, 6.45) is 7.30. The van der Waals surface area contributed by atoms with Gasteiger partial charge in [-0.1, -0.05) is 36.0 Å². The van der Waals surface area contributed by atoms with Crippen LogP contribution in [0, 0.1) is 5.92 Å². The first-order valence-corrected chi connectivity index (χ1v) is 7.75. The Morgan fingerprint density at radius 2 is 1.71 bits per heavy atom. The maximum Gasteiger partial charge on any atom is 0.0652 e. The Bertz CT molecular complexity index is 428. The summed E-state index contributed by atoms with van der Waals surface area (Å²) in [6.45, 7) is 4.21. The summed E-state index contributed by atoms with van der Waals surface area (Å²) in [5.74, 6) is 0.847. The predicted octanol–water partition coefficient (Wildman–Crippen LogP) is 3.98. The fourth-order valence-electron chi connectivity index (χ4n) is 2.85. The van der Waals surface area contributed by atoms with Crippen molar-refractivity contribution < 1.29 is 0 Å². The van der Waals surface area contributed by atoms with E-state index in [1.165, 1.54) is 19.3 Å². The van der Waals surface area contributed by atoms with Crippen molar-refractivity contribution in [2.75, 3.05) is 26.2 Å². The van der Waals surface area contributed by atoms with Gasteiger partial charge >= 0.3 is 0 Å². The molecule has 1 aromatic rings. The van der Waals surface area contributed by atoms with Crippen LogP contribution in [0.4, 0.5) is 0 Å². The molecule has 1 atom stereocenters. The first kappa shape index (κ1) is 19.3. The Hall–Kier alpha value is 0.230. The topological polar surface area (TPSA) is 28.2 Å². The van der Waals surface area contributed by atoms with Gasteiger partial charge in [0.15, 0.2) is 0 Å². The van der Waals surface area contributed by atoms with Crippen molar-refractivity contribution >= 4 is 48.0 Å². The monoisotopic (exact) mass is 371 g/mol. The molecule has 0 amide bonds. The summed E-state index contributed by atoms with van der Waals surface area (Å²) in [5, 5.41) is 4.81. The van der Waals surface area contributed by atoms with E-state index >= 15 is 0 Å². The van der Waals surface area contributed by atoms with Crippen LogP contribution in [0.25, 0.3) is 0 Å². The molecule has 0 radical (unpaired) electrons. The maximum absolute atomic E-state index is 6.36. The summed E-state index contributed by atoms with van der Waals surface area (Å²) in [6, 6.07) is 0.345. The summed E-state index contributed by atoms with van der Waals surface area (Å²) in [7, 11) is 0. The molecule has 2 fully saturated rings. The van der Waals surface area contributed by atoms with E-state index in [4.69, 9.17) is 23.2 Å². The average molecular weight is 373 g/mol. The van der Waals surface area contributed by atoms with Gasteiger partial charge < -0.3 is 5.32 Å². The minimum absolute atomic E-state index is 0.